The zero-order valence-electron chi connectivity index (χ0n) is 17.5. The van der Waals surface area contributed by atoms with Gasteiger partial charge in [0.1, 0.15) is 17.4 Å². The largest absolute Gasteiger partial charge is 0.508 e. The van der Waals surface area contributed by atoms with Gasteiger partial charge in [0.15, 0.2) is 0 Å². The molecule has 164 valence electrons. The first-order chi connectivity index (χ1) is 15.3. The van der Waals surface area contributed by atoms with Crippen molar-refractivity contribution in [1.82, 2.24) is 0 Å². The van der Waals surface area contributed by atoms with Gasteiger partial charge in [-0.15, -0.1) is 0 Å². The van der Waals surface area contributed by atoms with E-state index in [1.807, 2.05) is 6.08 Å². The lowest BCUT2D eigenvalue weighted by atomic mass is 9.79. The van der Waals surface area contributed by atoms with Crippen LogP contribution in [-0.4, -0.2) is 22.2 Å². The molecule has 0 spiro atoms. The summed E-state index contributed by atoms with van der Waals surface area (Å²) in [5.74, 6) is -1.15. The lowest BCUT2D eigenvalue weighted by Crippen LogP contribution is -2.55. The van der Waals surface area contributed by atoms with Crippen molar-refractivity contribution in [3.8, 4) is 5.75 Å². The smallest absolute Gasteiger partial charge is 0.233 e. The first-order valence-corrected chi connectivity index (χ1v) is 10.4. The predicted octanol–water partition coefficient (Wildman–Crippen LogP) is 5.23. The number of β-lactam (4-membered cyclic amide) rings is 1. The van der Waals surface area contributed by atoms with E-state index in [0.29, 0.717) is 23.2 Å². The van der Waals surface area contributed by atoms with Gasteiger partial charge in [-0.1, -0.05) is 30.3 Å². The van der Waals surface area contributed by atoms with Crippen LogP contribution in [0.1, 0.15) is 30.5 Å². The number of aliphatic hydroxyl groups excluding tert-OH is 1. The fourth-order valence-corrected chi connectivity index (χ4v) is 4.15. The molecule has 0 saturated carbocycles. The van der Waals surface area contributed by atoms with Crippen molar-refractivity contribution in [2.24, 2.45) is 5.92 Å². The highest BCUT2D eigenvalue weighted by Crippen LogP contribution is 2.46. The Morgan fingerprint density at radius 2 is 1.53 bits per heavy atom. The van der Waals surface area contributed by atoms with Gasteiger partial charge in [0, 0.05) is 5.69 Å². The third-order valence-corrected chi connectivity index (χ3v) is 5.77. The van der Waals surface area contributed by atoms with Crippen LogP contribution in [0.15, 0.2) is 78.9 Å². The Balaban J connectivity index is 1.66. The van der Waals surface area contributed by atoms with Gasteiger partial charge < -0.3 is 15.1 Å². The molecule has 4 rings (SSSR count). The second-order valence-electron chi connectivity index (χ2n) is 7.91. The minimum absolute atomic E-state index is 0.116. The summed E-state index contributed by atoms with van der Waals surface area (Å²) in [6, 6.07) is 17.9. The summed E-state index contributed by atoms with van der Waals surface area (Å²) in [6.45, 7) is 1.63. The van der Waals surface area contributed by atoms with Gasteiger partial charge in [0.05, 0.1) is 18.1 Å². The van der Waals surface area contributed by atoms with Crippen molar-refractivity contribution in [1.29, 1.82) is 0 Å². The Bertz CT molecular complexity index is 1120. The number of aromatic hydroxyl groups is 1. The van der Waals surface area contributed by atoms with E-state index >= 15 is 0 Å². The number of phenolic OH excluding ortho intramolecular Hbond substituents is 1. The Morgan fingerprint density at radius 3 is 2.09 bits per heavy atom. The van der Waals surface area contributed by atoms with Crippen LogP contribution in [0.3, 0.4) is 0 Å². The summed E-state index contributed by atoms with van der Waals surface area (Å²) in [4.78, 5) is 14.7. The molecule has 2 unspecified atom stereocenters. The Morgan fingerprint density at radius 1 is 0.969 bits per heavy atom. The number of halogens is 2. The monoisotopic (exact) mass is 435 g/mol. The second-order valence-corrected chi connectivity index (χ2v) is 7.91. The minimum Gasteiger partial charge on any atom is -0.508 e. The van der Waals surface area contributed by atoms with Gasteiger partial charge in [-0.3, -0.25) is 4.79 Å². The lowest BCUT2D eigenvalue weighted by molar-refractivity contribution is -0.130. The highest BCUT2D eigenvalue weighted by Gasteiger charge is 2.48. The first-order valence-electron chi connectivity index (χ1n) is 10.4. The summed E-state index contributed by atoms with van der Waals surface area (Å²) in [6.07, 6.45) is 1.38. The SMILES string of the molecule is CC(O)/C(=C\C[C@H]1C(=O)N(c2ccc(F)cc2)C1c1ccc(O)cc1)c1ccc(F)cc1. The quantitative estimate of drug-likeness (QED) is 0.522. The summed E-state index contributed by atoms with van der Waals surface area (Å²) < 4.78 is 26.7. The fraction of sp³-hybridized carbons (Fsp3) is 0.192. The summed E-state index contributed by atoms with van der Waals surface area (Å²) in [5, 5.41) is 19.9. The van der Waals surface area contributed by atoms with Crippen LogP contribution in [0.4, 0.5) is 14.5 Å². The normalized spacial score (nSPS) is 19.6. The number of hydrogen-bond donors (Lipinski definition) is 2. The zero-order chi connectivity index (χ0) is 22.8. The van der Waals surface area contributed by atoms with Crippen molar-refractivity contribution in [2.45, 2.75) is 25.5 Å². The molecular weight excluding hydrogens is 412 g/mol. The number of rotatable bonds is 6. The summed E-state index contributed by atoms with van der Waals surface area (Å²) in [7, 11) is 0. The molecule has 2 N–H and O–H groups in total. The molecule has 3 atom stereocenters. The summed E-state index contributed by atoms with van der Waals surface area (Å²) in [5.41, 5.74) is 2.72. The van der Waals surface area contributed by atoms with Crippen LogP contribution in [-0.2, 0) is 4.79 Å². The second kappa shape index (κ2) is 8.93. The van der Waals surface area contributed by atoms with E-state index < -0.39 is 12.0 Å². The molecule has 32 heavy (non-hydrogen) atoms. The number of anilines is 1. The maximum Gasteiger partial charge on any atom is 0.233 e. The predicted molar refractivity (Wildman–Crippen MR) is 119 cm³/mol. The lowest BCUT2D eigenvalue weighted by Gasteiger charge is -2.47. The molecule has 4 nitrogen and oxygen atoms in total. The van der Waals surface area contributed by atoms with E-state index in [4.69, 9.17) is 0 Å². The van der Waals surface area contributed by atoms with Crippen LogP contribution < -0.4 is 4.90 Å². The zero-order valence-corrected chi connectivity index (χ0v) is 17.5. The highest BCUT2D eigenvalue weighted by molar-refractivity contribution is 6.03. The maximum absolute atomic E-state index is 13.4. The molecule has 0 aliphatic carbocycles. The summed E-state index contributed by atoms with van der Waals surface area (Å²) >= 11 is 0. The van der Waals surface area contributed by atoms with E-state index in [1.165, 1.54) is 24.3 Å². The number of allylic oxidation sites excluding steroid dienone is 1. The van der Waals surface area contributed by atoms with Gasteiger partial charge in [0.25, 0.3) is 0 Å². The molecule has 0 radical (unpaired) electrons. The molecule has 1 amide bonds. The van der Waals surface area contributed by atoms with Crippen LogP contribution in [0.2, 0.25) is 0 Å². The Kier molecular flexibility index (Phi) is 6.06. The molecule has 1 aliphatic rings. The number of carbonyl (C=O) groups excluding carboxylic acids is 1. The van der Waals surface area contributed by atoms with Crippen LogP contribution in [0.5, 0.6) is 5.75 Å². The molecule has 3 aromatic carbocycles. The van der Waals surface area contributed by atoms with Gasteiger partial charge in [-0.05, 0) is 78.6 Å². The third kappa shape index (κ3) is 4.27. The minimum atomic E-state index is -0.795. The van der Waals surface area contributed by atoms with E-state index in [2.05, 4.69) is 0 Å². The molecular formula is C26H23F2NO3. The van der Waals surface area contributed by atoms with Crippen LogP contribution in [0, 0.1) is 17.6 Å². The molecule has 0 aromatic heterocycles. The van der Waals surface area contributed by atoms with Crippen molar-refractivity contribution < 1.29 is 23.8 Å². The number of hydrogen-bond acceptors (Lipinski definition) is 3. The molecule has 3 aromatic rings. The van der Waals surface area contributed by atoms with Crippen molar-refractivity contribution in [3.05, 3.63) is 102 Å². The number of phenols is 1. The van der Waals surface area contributed by atoms with E-state index in [9.17, 15) is 23.8 Å². The van der Waals surface area contributed by atoms with Crippen LogP contribution >= 0.6 is 0 Å². The topological polar surface area (TPSA) is 60.8 Å². The Hall–Kier alpha value is -3.51. The number of amides is 1. The maximum atomic E-state index is 13.4. The molecule has 1 aliphatic heterocycles. The molecule has 0 bridgehead atoms. The molecule has 1 heterocycles. The van der Waals surface area contributed by atoms with Gasteiger partial charge >= 0.3 is 0 Å². The average Bonchev–Trinajstić information content (AvgIpc) is 2.77. The van der Waals surface area contributed by atoms with E-state index in [-0.39, 0.29) is 29.3 Å². The van der Waals surface area contributed by atoms with E-state index in [1.54, 1.807) is 60.4 Å². The number of aliphatic hydroxyl groups is 1. The number of benzene rings is 3. The molecule has 1 fully saturated rings. The van der Waals surface area contributed by atoms with Gasteiger partial charge in [-0.25, -0.2) is 8.78 Å². The van der Waals surface area contributed by atoms with Crippen molar-refractivity contribution >= 4 is 17.2 Å². The van der Waals surface area contributed by atoms with E-state index in [0.717, 1.165) is 5.56 Å². The van der Waals surface area contributed by atoms with Crippen molar-refractivity contribution in [2.75, 3.05) is 4.90 Å². The molecule has 1 saturated heterocycles. The van der Waals surface area contributed by atoms with Crippen LogP contribution in [0.25, 0.3) is 5.57 Å². The number of carbonyl (C=O) groups is 1. The van der Waals surface area contributed by atoms with Gasteiger partial charge in [-0.2, -0.15) is 0 Å². The fourth-order valence-electron chi connectivity index (χ4n) is 4.15. The standard InChI is InChI=1S/C26H23F2NO3/c1-16(30)23(17-2-6-19(27)7-3-17)14-15-24-25(18-4-12-22(31)13-5-18)29(26(24)32)21-10-8-20(28)9-11-21/h2-14,16,24-25,30-31H,15H2,1H3/b23-14+/t16?,24-,25?/m1/s1. The number of nitrogens with zero attached hydrogens (tertiary/aromatic N) is 1. The highest BCUT2D eigenvalue weighted by atomic mass is 19.1. The molecule has 6 heteroatoms. The Labute approximate surface area is 185 Å². The van der Waals surface area contributed by atoms with Crippen molar-refractivity contribution in [3.63, 3.8) is 0 Å². The first kappa shape index (κ1) is 21.7. The van der Waals surface area contributed by atoms with Gasteiger partial charge in [0.2, 0.25) is 5.91 Å². The average molecular weight is 435 g/mol. The third-order valence-electron chi connectivity index (χ3n) is 5.77.